The first-order valence-electron chi connectivity index (χ1n) is 5.13. The highest BCUT2D eigenvalue weighted by Crippen LogP contribution is 2.23. The fourth-order valence-corrected chi connectivity index (χ4v) is 1.46. The molecule has 0 spiro atoms. The smallest absolute Gasteiger partial charge is 0.434 e. The van der Waals surface area contributed by atoms with E-state index < -0.39 is 23.4 Å². The number of para-hydroxylation sites is 1. The van der Waals surface area contributed by atoms with Gasteiger partial charge in [0.15, 0.2) is 0 Å². The molecular weight excluding hydrogens is 271 g/mol. The maximum absolute atomic E-state index is 12.6. The van der Waals surface area contributed by atoms with Crippen molar-refractivity contribution in [2.24, 2.45) is 0 Å². The minimum absolute atomic E-state index is 0.286. The fourth-order valence-electron chi connectivity index (χ4n) is 1.46. The monoisotopic (exact) mass is 283 g/mol. The van der Waals surface area contributed by atoms with Crippen LogP contribution in [0.1, 0.15) is 0 Å². The number of nitrogens with zero attached hydrogens (tertiary/aromatic N) is 2. The number of anilines is 1. The number of alkyl halides is 5. The zero-order valence-electron chi connectivity index (χ0n) is 10.2. The molecule has 0 saturated heterocycles. The van der Waals surface area contributed by atoms with Crippen LogP contribution in [0.2, 0.25) is 0 Å². The Morgan fingerprint density at radius 1 is 1.21 bits per heavy atom. The Balaban J connectivity index is 3.31. The number of hydrogen-bond acceptors (Lipinski definition) is 1. The summed E-state index contributed by atoms with van der Waals surface area (Å²) < 4.78 is 66.4. The third-order valence-electron chi connectivity index (χ3n) is 2.29. The molecule has 19 heavy (non-hydrogen) atoms. The van der Waals surface area contributed by atoms with E-state index in [1.807, 2.05) is 0 Å². The Morgan fingerprint density at radius 2 is 1.74 bits per heavy atom. The molecule has 0 heterocycles. The van der Waals surface area contributed by atoms with Crippen LogP contribution < -0.4 is 4.90 Å². The molecule has 0 fully saturated rings. The van der Waals surface area contributed by atoms with Crippen molar-refractivity contribution in [2.75, 3.05) is 19.1 Å². The van der Waals surface area contributed by atoms with Crippen LogP contribution in [0.25, 0.3) is 0 Å². The van der Waals surface area contributed by atoms with Gasteiger partial charge in [-0.3, -0.25) is 0 Å². The standard InChI is InChI=1S/C11H12F5N2O/c1-17(8-6-4-3-5-7-8)10(19-2)18(9(12)13)11(14,15)16/h3-7,9H,1-2H3/q+1. The molecule has 1 aromatic carbocycles. The minimum atomic E-state index is -5.25. The second-order valence-corrected chi connectivity index (χ2v) is 3.50. The minimum Gasteiger partial charge on any atom is -0.434 e. The van der Waals surface area contributed by atoms with Crippen molar-refractivity contribution < 1.29 is 31.3 Å². The van der Waals surface area contributed by atoms with Gasteiger partial charge < -0.3 is 4.74 Å². The van der Waals surface area contributed by atoms with Crippen molar-refractivity contribution >= 4 is 11.7 Å². The molecule has 106 valence electrons. The summed E-state index contributed by atoms with van der Waals surface area (Å²) in [6.45, 7) is -3.76. The van der Waals surface area contributed by atoms with Gasteiger partial charge in [0.25, 0.3) is 0 Å². The summed E-state index contributed by atoms with van der Waals surface area (Å²) >= 11 is 0. The van der Waals surface area contributed by atoms with E-state index >= 15 is 0 Å². The summed E-state index contributed by atoms with van der Waals surface area (Å²) in [5, 5.41) is 0. The SMILES string of the molecule is COC(N(C)c1ccccc1)=[N+](C(F)F)C(F)(F)F. The lowest BCUT2D eigenvalue weighted by Gasteiger charge is -2.17. The largest absolute Gasteiger partial charge is 0.570 e. The molecule has 0 unspecified atom stereocenters. The third-order valence-corrected chi connectivity index (χ3v) is 2.29. The Labute approximate surface area is 106 Å². The van der Waals surface area contributed by atoms with Crippen LogP contribution in [-0.4, -0.2) is 37.6 Å². The number of amidine groups is 1. The lowest BCUT2D eigenvalue weighted by Crippen LogP contribution is -2.45. The van der Waals surface area contributed by atoms with E-state index in [0.717, 1.165) is 12.0 Å². The molecule has 0 aromatic heterocycles. The molecule has 0 aliphatic carbocycles. The van der Waals surface area contributed by atoms with Gasteiger partial charge in [0, 0.05) is 0 Å². The summed E-state index contributed by atoms with van der Waals surface area (Å²) in [6, 6.07) is 6.73. The molecule has 0 N–H and O–H groups in total. The van der Waals surface area contributed by atoms with Crippen LogP contribution in [0.5, 0.6) is 0 Å². The summed E-state index contributed by atoms with van der Waals surface area (Å²) in [5.41, 5.74) is 0.286. The van der Waals surface area contributed by atoms with E-state index in [2.05, 4.69) is 4.74 Å². The van der Waals surface area contributed by atoms with E-state index in [-0.39, 0.29) is 5.69 Å². The molecule has 0 aliphatic rings. The van der Waals surface area contributed by atoms with E-state index in [0.29, 0.717) is 0 Å². The summed E-state index contributed by atoms with van der Waals surface area (Å²) in [7, 11) is 2.10. The molecule has 1 aromatic rings. The highest BCUT2D eigenvalue weighted by Gasteiger charge is 2.49. The van der Waals surface area contributed by atoms with Crippen LogP contribution in [0.15, 0.2) is 30.3 Å². The molecule has 0 radical (unpaired) electrons. The lowest BCUT2D eigenvalue weighted by atomic mass is 10.3. The van der Waals surface area contributed by atoms with Gasteiger partial charge in [-0.05, 0) is 12.1 Å². The summed E-state index contributed by atoms with van der Waals surface area (Å²) in [5.74, 6) is 0. The molecule has 0 amide bonds. The maximum Gasteiger partial charge on any atom is 0.570 e. The van der Waals surface area contributed by atoms with Crippen molar-refractivity contribution in [2.45, 2.75) is 12.8 Å². The van der Waals surface area contributed by atoms with Gasteiger partial charge in [-0.2, -0.15) is 13.7 Å². The Bertz CT molecular complexity index is 444. The van der Waals surface area contributed by atoms with E-state index in [1.54, 1.807) is 18.2 Å². The Kier molecular flexibility index (Phi) is 4.68. The van der Waals surface area contributed by atoms with Gasteiger partial charge in [-0.1, -0.05) is 22.8 Å². The normalized spacial score (nSPS) is 13.3. The Morgan fingerprint density at radius 3 is 2.11 bits per heavy atom. The van der Waals surface area contributed by atoms with Crippen molar-refractivity contribution in [1.82, 2.24) is 0 Å². The number of ether oxygens (including phenoxy) is 1. The molecule has 1 rings (SSSR count). The highest BCUT2D eigenvalue weighted by molar-refractivity contribution is 5.87. The topological polar surface area (TPSA) is 15.5 Å². The number of methoxy groups -OCH3 is 1. The Hall–Kier alpha value is -1.86. The summed E-state index contributed by atoms with van der Waals surface area (Å²) in [4.78, 5) is 0.889. The molecular formula is C11H12F5N2O+. The molecule has 0 bridgehead atoms. The van der Waals surface area contributed by atoms with Crippen LogP contribution in [0.4, 0.5) is 27.6 Å². The zero-order chi connectivity index (χ0) is 14.6. The predicted molar refractivity (Wildman–Crippen MR) is 59.2 cm³/mol. The molecule has 0 atom stereocenters. The van der Waals surface area contributed by atoms with Gasteiger partial charge in [0.1, 0.15) is 5.69 Å². The lowest BCUT2D eigenvalue weighted by molar-refractivity contribution is -0.773. The number of benzene rings is 1. The van der Waals surface area contributed by atoms with Gasteiger partial charge in [0.2, 0.25) is 0 Å². The van der Waals surface area contributed by atoms with E-state index in [1.165, 1.54) is 19.2 Å². The molecule has 0 saturated carbocycles. The van der Waals surface area contributed by atoms with Crippen molar-refractivity contribution in [3.8, 4) is 0 Å². The quantitative estimate of drug-likeness (QED) is 0.273. The predicted octanol–water partition coefficient (Wildman–Crippen LogP) is 2.88. The first kappa shape index (κ1) is 15.2. The average Bonchev–Trinajstić information content (AvgIpc) is 2.34. The number of hydrogen-bond donors (Lipinski definition) is 0. The van der Waals surface area contributed by atoms with Crippen LogP contribution in [0.3, 0.4) is 0 Å². The maximum atomic E-state index is 12.6. The second kappa shape index (κ2) is 5.85. The summed E-state index contributed by atoms with van der Waals surface area (Å²) in [6.07, 6.45) is -5.25. The second-order valence-electron chi connectivity index (χ2n) is 3.50. The highest BCUT2D eigenvalue weighted by atomic mass is 19.4. The third kappa shape index (κ3) is 3.55. The zero-order valence-corrected chi connectivity index (χ0v) is 10.2. The molecule has 0 aliphatic heterocycles. The number of rotatable bonds is 2. The number of halogens is 5. The van der Waals surface area contributed by atoms with Crippen molar-refractivity contribution in [3.63, 3.8) is 0 Å². The van der Waals surface area contributed by atoms with Crippen LogP contribution >= 0.6 is 0 Å². The molecule has 8 heteroatoms. The average molecular weight is 283 g/mol. The van der Waals surface area contributed by atoms with Crippen LogP contribution in [-0.2, 0) is 4.74 Å². The van der Waals surface area contributed by atoms with Gasteiger partial charge in [-0.25, -0.2) is 0 Å². The molecule has 3 nitrogen and oxygen atoms in total. The fraction of sp³-hybridized carbons (Fsp3) is 0.364. The first-order valence-corrected chi connectivity index (χ1v) is 5.13. The first-order chi connectivity index (χ1) is 8.79. The van der Waals surface area contributed by atoms with Gasteiger partial charge in [0.05, 0.1) is 14.2 Å². The van der Waals surface area contributed by atoms with Crippen LogP contribution in [0, 0.1) is 0 Å². The van der Waals surface area contributed by atoms with Crippen molar-refractivity contribution in [1.29, 1.82) is 0 Å². The van der Waals surface area contributed by atoms with Gasteiger partial charge in [-0.15, -0.1) is 13.2 Å². The van der Waals surface area contributed by atoms with Gasteiger partial charge >= 0.3 is 18.9 Å². The van der Waals surface area contributed by atoms with E-state index in [4.69, 9.17) is 0 Å². The van der Waals surface area contributed by atoms with E-state index in [9.17, 15) is 22.0 Å². The van der Waals surface area contributed by atoms with Crippen molar-refractivity contribution in [3.05, 3.63) is 30.3 Å².